The Morgan fingerprint density at radius 2 is 2.10 bits per heavy atom. The fourth-order valence-electron chi connectivity index (χ4n) is 2.28. The van der Waals surface area contributed by atoms with Crippen LogP contribution in [0.4, 0.5) is 4.79 Å². The van der Waals surface area contributed by atoms with E-state index < -0.39 is 36.0 Å². The molecule has 8 nitrogen and oxygen atoms in total. The van der Waals surface area contributed by atoms with Crippen molar-refractivity contribution in [2.75, 3.05) is 26.2 Å². The molecule has 0 bridgehead atoms. The van der Waals surface area contributed by atoms with E-state index in [1.54, 1.807) is 20.8 Å². The molecule has 120 valence electrons. The minimum absolute atomic E-state index is 0.111. The number of piperazine rings is 1. The van der Waals surface area contributed by atoms with Crippen molar-refractivity contribution in [2.45, 2.75) is 38.8 Å². The molecular formula is C13H23N3O5. The molecule has 0 saturated carbocycles. The van der Waals surface area contributed by atoms with Crippen LogP contribution >= 0.6 is 0 Å². The van der Waals surface area contributed by atoms with Crippen LogP contribution in [0.5, 0.6) is 0 Å². The highest BCUT2D eigenvalue weighted by Gasteiger charge is 2.37. The van der Waals surface area contributed by atoms with Crippen molar-refractivity contribution >= 4 is 17.9 Å². The number of aliphatic carboxylic acids is 1. The van der Waals surface area contributed by atoms with Gasteiger partial charge in [0.15, 0.2) is 0 Å². The van der Waals surface area contributed by atoms with Gasteiger partial charge in [0.25, 0.3) is 0 Å². The Kier molecular flexibility index (Phi) is 5.54. The maximum Gasteiger partial charge on any atom is 0.320 e. The molecule has 1 heterocycles. The summed E-state index contributed by atoms with van der Waals surface area (Å²) < 4.78 is 0. The smallest absolute Gasteiger partial charge is 0.320 e. The van der Waals surface area contributed by atoms with Gasteiger partial charge in [0.05, 0.1) is 18.6 Å². The van der Waals surface area contributed by atoms with E-state index in [9.17, 15) is 19.5 Å². The first-order valence-corrected chi connectivity index (χ1v) is 6.93. The molecule has 1 aliphatic heterocycles. The highest BCUT2D eigenvalue weighted by Crippen LogP contribution is 2.14. The molecule has 1 aliphatic rings. The summed E-state index contributed by atoms with van der Waals surface area (Å²) in [6.07, 6.45) is -0.433. The number of nitrogens with one attached hydrogen (secondary N) is 1. The number of nitrogens with zero attached hydrogens (tertiary/aromatic N) is 2. The predicted octanol–water partition coefficient (Wildman–Crippen LogP) is -0.526. The number of carbonyl (C=O) groups is 3. The van der Waals surface area contributed by atoms with Crippen molar-refractivity contribution in [3.8, 4) is 0 Å². The predicted molar refractivity (Wildman–Crippen MR) is 74.7 cm³/mol. The Balaban J connectivity index is 2.89. The molecule has 0 aromatic rings. The standard InChI is InChI=1S/C13H23N3O5/c1-4-15(8-13(2,3)21)12(20)16-6-5-14-11(19)9(16)7-10(17)18/h9,21H,4-8H2,1-3H3,(H,14,19)(H,17,18). The van der Waals surface area contributed by atoms with E-state index in [4.69, 9.17) is 5.11 Å². The number of urea groups is 1. The second kappa shape index (κ2) is 6.75. The number of hydrogen-bond donors (Lipinski definition) is 3. The summed E-state index contributed by atoms with van der Waals surface area (Å²) in [5.41, 5.74) is -1.06. The zero-order valence-corrected chi connectivity index (χ0v) is 12.6. The molecule has 3 amide bonds. The second-order valence-corrected chi connectivity index (χ2v) is 5.71. The lowest BCUT2D eigenvalue weighted by Crippen LogP contribution is -2.61. The average Bonchev–Trinajstić information content (AvgIpc) is 2.36. The first kappa shape index (κ1) is 17.2. The van der Waals surface area contributed by atoms with Crippen LogP contribution in [-0.2, 0) is 9.59 Å². The molecule has 0 aromatic carbocycles. The van der Waals surface area contributed by atoms with Gasteiger partial charge in [-0.15, -0.1) is 0 Å². The number of amides is 3. The maximum absolute atomic E-state index is 12.5. The fourth-order valence-corrected chi connectivity index (χ4v) is 2.28. The van der Waals surface area contributed by atoms with E-state index in [1.807, 2.05) is 0 Å². The van der Waals surface area contributed by atoms with E-state index >= 15 is 0 Å². The summed E-state index contributed by atoms with van der Waals surface area (Å²) in [4.78, 5) is 37.9. The fraction of sp³-hybridized carbons (Fsp3) is 0.769. The normalized spacial score (nSPS) is 19.1. The highest BCUT2D eigenvalue weighted by molar-refractivity contribution is 5.91. The molecule has 0 radical (unpaired) electrons. The molecule has 8 heteroatoms. The zero-order chi connectivity index (χ0) is 16.2. The Hall–Kier alpha value is -1.83. The summed E-state index contributed by atoms with van der Waals surface area (Å²) in [6, 6.07) is -1.44. The molecule has 1 fully saturated rings. The van der Waals surface area contributed by atoms with Crippen LogP contribution in [0.3, 0.4) is 0 Å². The van der Waals surface area contributed by atoms with Crippen LogP contribution in [0.2, 0.25) is 0 Å². The maximum atomic E-state index is 12.5. The van der Waals surface area contributed by atoms with E-state index in [2.05, 4.69) is 5.32 Å². The van der Waals surface area contributed by atoms with Crippen molar-refractivity contribution in [2.24, 2.45) is 0 Å². The van der Waals surface area contributed by atoms with E-state index in [-0.39, 0.29) is 13.1 Å². The molecule has 0 spiro atoms. The first-order valence-electron chi connectivity index (χ1n) is 6.93. The van der Waals surface area contributed by atoms with E-state index in [1.165, 1.54) is 9.80 Å². The van der Waals surface area contributed by atoms with Gasteiger partial charge in [-0.25, -0.2) is 4.79 Å². The number of carboxylic acid groups (broad SMARTS) is 1. The first-order chi connectivity index (χ1) is 9.65. The number of aliphatic hydroxyl groups is 1. The van der Waals surface area contributed by atoms with Gasteiger partial charge < -0.3 is 25.3 Å². The molecule has 21 heavy (non-hydrogen) atoms. The molecule has 1 saturated heterocycles. The summed E-state index contributed by atoms with van der Waals surface area (Å²) >= 11 is 0. The summed E-state index contributed by atoms with van der Waals surface area (Å²) in [7, 11) is 0. The molecule has 0 aliphatic carbocycles. The van der Waals surface area contributed by atoms with Crippen molar-refractivity contribution in [1.29, 1.82) is 0 Å². The zero-order valence-electron chi connectivity index (χ0n) is 12.6. The summed E-state index contributed by atoms with van der Waals surface area (Å²) in [5.74, 6) is -1.60. The topological polar surface area (TPSA) is 110 Å². The van der Waals surface area contributed by atoms with Crippen LogP contribution in [0, 0.1) is 0 Å². The van der Waals surface area contributed by atoms with Gasteiger partial charge in [-0.2, -0.15) is 0 Å². The molecule has 1 atom stereocenters. The number of hydrogen-bond acceptors (Lipinski definition) is 4. The van der Waals surface area contributed by atoms with Gasteiger partial charge in [0, 0.05) is 19.6 Å². The minimum atomic E-state index is -1.14. The van der Waals surface area contributed by atoms with Crippen LogP contribution in [0.1, 0.15) is 27.2 Å². The number of carboxylic acids is 1. The summed E-state index contributed by atoms with van der Waals surface area (Å²) in [6.45, 7) is 5.95. The molecule has 1 rings (SSSR count). The Labute approximate surface area is 123 Å². The minimum Gasteiger partial charge on any atom is -0.481 e. The third-order valence-electron chi connectivity index (χ3n) is 3.17. The van der Waals surface area contributed by atoms with Crippen molar-refractivity contribution in [1.82, 2.24) is 15.1 Å². The van der Waals surface area contributed by atoms with Crippen molar-refractivity contribution in [3.63, 3.8) is 0 Å². The van der Waals surface area contributed by atoms with E-state index in [0.717, 1.165) is 0 Å². The van der Waals surface area contributed by atoms with Gasteiger partial charge in [-0.05, 0) is 20.8 Å². The van der Waals surface area contributed by atoms with Crippen molar-refractivity contribution in [3.05, 3.63) is 0 Å². The lowest BCUT2D eigenvalue weighted by atomic mass is 10.1. The second-order valence-electron chi connectivity index (χ2n) is 5.71. The number of rotatable bonds is 5. The molecule has 3 N–H and O–H groups in total. The summed E-state index contributed by atoms with van der Waals surface area (Å²) in [5, 5.41) is 21.3. The van der Waals surface area contributed by atoms with Gasteiger partial charge in [0.2, 0.25) is 5.91 Å². The Bertz CT molecular complexity index is 419. The SMILES string of the molecule is CCN(CC(C)(C)O)C(=O)N1CCNC(=O)C1CC(=O)O. The van der Waals surface area contributed by atoms with Crippen LogP contribution < -0.4 is 5.32 Å². The Morgan fingerprint density at radius 3 is 2.57 bits per heavy atom. The van der Waals surface area contributed by atoms with E-state index in [0.29, 0.717) is 13.1 Å². The lowest BCUT2D eigenvalue weighted by molar-refractivity contribution is -0.142. The largest absolute Gasteiger partial charge is 0.481 e. The Morgan fingerprint density at radius 1 is 1.48 bits per heavy atom. The molecular weight excluding hydrogens is 278 g/mol. The van der Waals surface area contributed by atoms with Gasteiger partial charge in [-0.1, -0.05) is 0 Å². The third kappa shape index (κ3) is 4.89. The van der Waals surface area contributed by atoms with Crippen LogP contribution in [0.25, 0.3) is 0 Å². The van der Waals surface area contributed by atoms with Crippen molar-refractivity contribution < 1.29 is 24.6 Å². The van der Waals surface area contributed by atoms with Crippen LogP contribution in [-0.4, -0.2) is 75.7 Å². The number of likely N-dealkylation sites (N-methyl/N-ethyl adjacent to an activating group) is 1. The average molecular weight is 301 g/mol. The monoisotopic (exact) mass is 301 g/mol. The lowest BCUT2D eigenvalue weighted by Gasteiger charge is -2.39. The van der Waals surface area contributed by atoms with Gasteiger partial charge in [0.1, 0.15) is 6.04 Å². The molecule has 1 unspecified atom stereocenters. The van der Waals surface area contributed by atoms with Crippen LogP contribution in [0.15, 0.2) is 0 Å². The highest BCUT2D eigenvalue weighted by atomic mass is 16.4. The van der Waals surface area contributed by atoms with Gasteiger partial charge in [-0.3, -0.25) is 9.59 Å². The number of carbonyl (C=O) groups excluding carboxylic acids is 2. The molecule has 0 aromatic heterocycles. The quantitative estimate of drug-likeness (QED) is 0.632. The van der Waals surface area contributed by atoms with Gasteiger partial charge >= 0.3 is 12.0 Å². The third-order valence-corrected chi connectivity index (χ3v) is 3.17.